The highest BCUT2D eigenvalue weighted by molar-refractivity contribution is 5.09. The van der Waals surface area contributed by atoms with Crippen molar-refractivity contribution in [2.75, 3.05) is 39.3 Å². The van der Waals surface area contributed by atoms with Crippen molar-refractivity contribution in [3.8, 4) is 0 Å². The highest BCUT2D eigenvalue weighted by Gasteiger charge is 2.14. The molecule has 1 fully saturated rings. The van der Waals surface area contributed by atoms with Gasteiger partial charge in [0, 0.05) is 25.8 Å². The van der Waals surface area contributed by atoms with Gasteiger partial charge < -0.3 is 10.6 Å². The maximum atomic E-state index is 13.2. The number of rotatable bonds is 7. The fourth-order valence-electron chi connectivity index (χ4n) is 2.86. The lowest BCUT2D eigenvalue weighted by Crippen LogP contribution is -2.31. The summed E-state index contributed by atoms with van der Waals surface area (Å²) in [6, 6.07) is 1.59. The predicted molar refractivity (Wildman–Crippen MR) is 83.4 cm³/mol. The van der Waals surface area contributed by atoms with Gasteiger partial charge in [-0.1, -0.05) is 6.42 Å². The zero-order chi connectivity index (χ0) is 14.9. The van der Waals surface area contributed by atoms with Crippen LogP contribution >= 0.6 is 0 Å². The molecule has 0 aromatic carbocycles. The van der Waals surface area contributed by atoms with Crippen molar-refractivity contribution < 1.29 is 4.39 Å². The summed E-state index contributed by atoms with van der Waals surface area (Å²) in [5, 5.41) is 0. The van der Waals surface area contributed by atoms with Crippen LogP contribution in [0.15, 0.2) is 18.5 Å². The van der Waals surface area contributed by atoms with E-state index in [1.165, 1.54) is 38.5 Å². The number of hydrogen-bond donors (Lipinski definition) is 1. The summed E-state index contributed by atoms with van der Waals surface area (Å²) in [7, 11) is 0. The highest BCUT2D eigenvalue weighted by atomic mass is 19.1. The Morgan fingerprint density at radius 2 is 1.86 bits per heavy atom. The van der Waals surface area contributed by atoms with E-state index in [1.807, 2.05) is 0 Å². The molecule has 1 aromatic heterocycles. The largest absolute Gasteiger partial charge is 0.330 e. The van der Waals surface area contributed by atoms with E-state index in [4.69, 9.17) is 5.73 Å². The first kappa shape index (κ1) is 16.3. The monoisotopic (exact) mass is 294 g/mol. The Morgan fingerprint density at radius 1 is 1.05 bits per heavy atom. The van der Waals surface area contributed by atoms with Gasteiger partial charge in [0.25, 0.3) is 0 Å². The van der Waals surface area contributed by atoms with Crippen LogP contribution in [0.2, 0.25) is 0 Å². The molecule has 0 spiro atoms. The molecule has 2 heterocycles. The zero-order valence-corrected chi connectivity index (χ0v) is 12.8. The Labute approximate surface area is 127 Å². The van der Waals surface area contributed by atoms with Gasteiger partial charge in [-0.25, -0.2) is 4.39 Å². The molecule has 118 valence electrons. The lowest BCUT2D eigenvalue weighted by Gasteiger charge is -2.21. The smallest absolute Gasteiger partial charge is 0.141 e. The van der Waals surface area contributed by atoms with E-state index < -0.39 is 0 Å². The van der Waals surface area contributed by atoms with E-state index in [0.29, 0.717) is 0 Å². The number of nitrogens with two attached hydrogens (primary N) is 1. The van der Waals surface area contributed by atoms with Gasteiger partial charge in [0.15, 0.2) is 0 Å². The van der Waals surface area contributed by atoms with Crippen LogP contribution in [-0.2, 0) is 6.54 Å². The van der Waals surface area contributed by atoms with Crippen molar-refractivity contribution in [1.29, 1.82) is 0 Å². The molecule has 2 rings (SSSR count). The Balaban J connectivity index is 1.73. The standard InChI is InChI=1S/C16H27FN4/c17-16-11-15(12-19-13-16)14-21-8-4-7-20(9-10-21)6-3-1-2-5-18/h11-13H,1-10,14,18H2. The average molecular weight is 294 g/mol. The molecule has 1 saturated heterocycles. The minimum absolute atomic E-state index is 0.246. The number of pyridine rings is 1. The first-order valence-electron chi connectivity index (χ1n) is 8.02. The molecule has 2 N–H and O–H groups in total. The fraction of sp³-hybridized carbons (Fsp3) is 0.688. The number of halogens is 1. The summed E-state index contributed by atoms with van der Waals surface area (Å²) in [4.78, 5) is 8.86. The Bertz CT molecular complexity index is 413. The van der Waals surface area contributed by atoms with Crippen LogP contribution in [0, 0.1) is 5.82 Å². The van der Waals surface area contributed by atoms with E-state index >= 15 is 0 Å². The van der Waals surface area contributed by atoms with Crippen LogP contribution in [0.3, 0.4) is 0 Å². The summed E-state index contributed by atoms with van der Waals surface area (Å²) in [6.45, 7) is 7.17. The van der Waals surface area contributed by atoms with Gasteiger partial charge in [-0.2, -0.15) is 0 Å². The van der Waals surface area contributed by atoms with Gasteiger partial charge in [-0.05, 0) is 57.1 Å². The topological polar surface area (TPSA) is 45.4 Å². The summed E-state index contributed by atoms with van der Waals surface area (Å²) >= 11 is 0. The van der Waals surface area contributed by atoms with Gasteiger partial charge in [0.1, 0.15) is 5.82 Å². The molecule has 0 radical (unpaired) electrons. The van der Waals surface area contributed by atoms with Gasteiger partial charge in [0.05, 0.1) is 6.20 Å². The molecule has 1 aromatic rings. The summed E-state index contributed by atoms with van der Waals surface area (Å²) in [5.74, 6) is -0.246. The maximum absolute atomic E-state index is 13.2. The Morgan fingerprint density at radius 3 is 2.67 bits per heavy atom. The number of aromatic nitrogens is 1. The molecule has 0 atom stereocenters. The van der Waals surface area contributed by atoms with E-state index in [-0.39, 0.29) is 5.82 Å². The number of hydrogen-bond acceptors (Lipinski definition) is 4. The minimum Gasteiger partial charge on any atom is -0.330 e. The average Bonchev–Trinajstić information content (AvgIpc) is 2.69. The van der Waals surface area contributed by atoms with E-state index in [9.17, 15) is 4.39 Å². The molecule has 5 heteroatoms. The molecule has 21 heavy (non-hydrogen) atoms. The molecule has 4 nitrogen and oxygen atoms in total. The molecule has 1 aliphatic rings. The van der Waals surface area contributed by atoms with Crippen molar-refractivity contribution in [2.45, 2.75) is 32.2 Å². The zero-order valence-electron chi connectivity index (χ0n) is 12.8. The first-order chi connectivity index (χ1) is 10.3. The lowest BCUT2D eigenvalue weighted by atomic mass is 10.2. The molecular weight excluding hydrogens is 267 g/mol. The van der Waals surface area contributed by atoms with Gasteiger partial charge >= 0.3 is 0 Å². The third-order valence-corrected chi connectivity index (χ3v) is 4.03. The van der Waals surface area contributed by atoms with Gasteiger partial charge in [0.2, 0.25) is 0 Å². The predicted octanol–water partition coefficient (Wildman–Crippen LogP) is 1.86. The third-order valence-electron chi connectivity index (χ3n) is 4.03. The maximum Gasteiger partial charge on any atom is 0.141 e. The van der Waals surface area contributed by atoms with Crippen LogP contribution in [0.5, 0.6) is 0 Å². The van der Waals surface area contributed by atoms with Crippen LogP contribution in [-0.4, -0.2) is 54.1 Å². The molecule has 0 saturated carbocycles. The second-order valence-corrected chi connectivity index (χ2v) is 5.83. The number of unbranched alkanes of at least 4 members (excludes halogenated alkanes) is 2. The SMILES string of the molecule is NCCCCCN1CCCN(Cc2cncc(F)c2)CC1. The highest BCUT2D eigenvalue weighted by Crippen LogP contribution is 2.10. The van der Waals surface area contributed by atoms with Gasteiger partial charge in [-0.3, -0.25) is 9.88 Å². The van der Waals surface area contributed by atoms with Crippen LogP contribution < -0.4 is 5.73 Å². The van der Waals surface area contributed by atoms with E-state index in [1.54, 1.807) is 12.3 Å². The van der Waals surface area contributed by atoms with Gasteiger partial charge in [-0.15, -0.1) is 0 Å². The fourth-order valence-corrected chi connectivity index (χ4v) is 2.86. The van der Waals surface area contributed by atoms with Crippen LogP contribution in [0.25, 0.3) is 0 Å². The molecule has 0 amide bonds. The van der Waals surface area contributed by atoms with Crippen molar-refractivity contribution in [1.82, 2.24) is 14.8 Å². The molecule has 0 aliphatic carbocycles. The summed E-state index contributed by atoms with van der Waals surface area (Å²) < 4.78 is 13.2. The molecule has 0 bridgehead atoms. The molecular formula is C16H27FN4. The summed E-state index contributed by atoms with van der Waals surface area (Å²) in [6.07, 6.45) is 7.80. The first-order valence-corrected chi connectivity index (χ1v) is 8.02. The molecule has 0 unspecified atom stereocenters. The molecule has 1 aliphatic heterocycles. The van der Waals surface area contributed by atoms with Crippen LogP contribution in [0.1, 0.15) is 31.2 Å². The Hall–Kier alpha value is -1.04. The van der Waals surface area contributed by atoms with E-state index in [2.05, 4.69) is 14.8 Å². The second kappa shape index (κ2) is 9.07. The normalized spacial score (nSPS) is 17.8. The second-order valence-electron chi connectivity index (χ2n) is 5.83. The van der Waals surface area contributed by atoms with E-state index in [0.717, 1.165) is 44.7 Å². The number of nitrogens with zero attached hydrogens (tertiary/aromatic N) is 3. The Kier molecular flexibility index (Phi) is 7.06. The van der Waals surface area contributed by atoms with Crippen molar-refractivity contribution in [2.24, 2.45) is 5.73 Å². The van der Waals surface area contributed by atoms with Crippen molar-refractivity contribution in [3.63, 3.8) is 0 Å². The summed E-state index contributed by atoms with van der Waals surface area (Å²) in [5.41, 5.74) is 6.49. The lowest BCUT2D eigenvalue weighted by molar-refractivity contribution is 0.248. The quantitative estimate of drug-likeness (QED) is 0.780. The van der Waals surface area contributed by atoms with Crippen molar-refractivity contribution in [3.05, 3.63) is 29.8 Å². The minimum atomic E-state index is -0.246. The van der Waals surface area contributed by atoms with Crippen molar-refractivity contribution >= 4 is 0 Å². The third kappa shape index (κ3) is 6.08. The van der Waals surface area contributed by atoms with Crippen LogP contribution in [0.4, 0.5) is 4.39 Å².